The van der Waals surface area contributed by atoms with Gasteiger partial charge in [0.1, 0.15) is 4.90 Å². The van der Waals surface area contributed by atoms with Gasteiger partial charge in [-0.15, -0.1) is 0 Å². The summed E-state index contributed by atoms with van der Waals surface area (Å²) in [5.41, 5.74) is -1.33. The molecule has 0 unspecified atom stereocenters. The molecule has 116 valence electrons. The Morgan fingerprint density at radius 3 is 2.38 bits per heavy atom. The minimum Gasteiger partial charge on any atom is -0.479 e. The number of hydrogen-bond acceptors (Lipinski definition) is 4. The van der Waals surface area contributed by atoms with Crippen molar-refractivity contribution < 1.29 is 23.4 Å². The van der Waals surface area contributed by atoms with E-state index in [-0.39, 0.29) is 35.8 Å². The van der Waals surface area contributed by atoms with E-state index in [1.165, 1.54) is 10.4 Å². The molecule has 0 aliphatic carbocycles. The lowest BCUT2D eigenvalue weighted by molar-refractivity contribution is -0.162. The first kappa shape index (κ1) is 16.2. The molecule has 0 saturated carbocycles. The van der Waals surface area contributed by atoms with E-state index in [0.29, 0.717) is 5.56 Å². The molecule has 1 aliphatic heterocycles. The average molecular weight is 334 g/mol. The van der Waals surface area contributed by atoms with E-state index >= 15 is 0 Å². The van der Waals surface area contributed by atoms with Gasteiger partial charge in [0, 0.05) is 25.9 Å². The van der Waals surface area contributed by atoms with Crippen molar-refractivity contribution in [2.24, 2.45) is 0 Å². The molecule has 0 atom stereocenters. The molecule has 21 heavy (non-hydrogen) atoms. The molecule has 0 amide bonds. The van der Waals surface area contributed by atoms with Crippen molar-refractivity contribution in [3.8, 4) is 0 Å². The van der Waals surface area contributed by atoms with Crippen LogP contribution in [0.4, 0.5) is 0 Å². The molecule has 1 aromatic rings. The number of sulfonamides is 1. The van der Waals surface area contributed by atoms with Crippen molar-refractivity contribution in [2.75, 3.05) is 13.1 Å². The van der Waals surface area contributed by atoms with Gasteiger partial charge in [-0.25, -0.2) is 13.2 Å². The Morgan fingerprint density at radius 2 is 1.90 bits per heavy atom. The van der Waals surface area contributed by atoms with E-state index in [2.05, 4.69) is 0 Å². The standard InChI is InChI=1S/C13H16ClNO5S/c1-9-3-2-4-10(14)11(9)21(19,20)15-7-5-13(18,6-8-15)12(16)17/h2-4,18H,5-8H2,1H3,(H,16,17). The number of carboxylic acid groups (broad SMARTS) is 1. The lowest BCUT2D eigenvalue weighted by Gasteiger charge is -2.34. The first-order valence-electron chi connectivity index (χ1n) is 6.39. The number of aryl methyl sites for hydroxylation is 1. The molecule has 0 aromatic heterocycles. The van der Waals surface area contributed by atoms with E-state index in [9.17, 15) is 18.3 Å². The second-order valence-electron chi connectivity index (χ2n) is 5.13. The van der Waals surface area contributed by atoms with Crippen molar-refractivity contribution in [1.29, 1.82) is 0 Å². The Labute approximate surface area is 128 Å². The van der Waals surface area contributed by atoms with Crippen molar-refractivity contribution in [3.63, 3.8) is 0 Å². The molecule has 0 bridgehead atoms. The van der Waals surface area contributed by atoms with Gasteiger partial charge in [-0.1, -0.05) is 23.7 Å². The summed E-state index contributed by atoms with van der Waals surface area (Å²) in [6, 6.07) is 4.81. The molecule has 1 aliphatic rings. The van der Waals surface area contributed by atoms with Gasteiger partial charge in [0.05, 0.1) is 5.02 Å². The molecule has 2 rings (SSSR count). The number of rotatable bonds is 3. The predicted octanol–water partition coefficient (Wildman–Crippen LogP) is 1.25. The molecule has 1 saturated heterocycles. The summed E-state index contributed by atoms with van der Waals surface area (Å²) < 4.78 is 26.4. The van der Waals surface area contributed by atoms with Crippen LogP contribution in [0.25, 0.3) is 0 Å². The van der Waals surface area contributed by atoms with Gasteiger partial charge >= 0.3 is 5.97 Å². The largest absolute Gasteiger partial charge is 0.479 e. The number of aliphatic carboxylic acids is 1. The SMILES string of the molecule is Cc1cccc(Cl)c1S(=O)(=O)N1CCC(O)(C(=O)O)CC1. The lowest BCUT2D eigenvalue weighted by atomic mass is 9.93. The maximum absolute atomic E-state index is 12.6. The molecule has 0 spiro atoms. The van der Waals surface area contributed by atoms with Gasteiger partial charge < -0.3 is 10.2 Å². The smallest absolute Gasteiger partial charge is 0.335 e. The third kappa shape index (κ3) is 2.91. The zero-order valence-electron chi connectivity index (χ0n) is 11.4. The van der Waals surface area contributed by atoms with Gasteiger partial charge in [-0.2, -0.15) is 4.31 Å². The number of hydrogen-bond donors (Lipinski definition) is 2. The monoisotopic (exact) mass is 333 g/mol. The van der Waals surface area contributed by atoms with Crippen LogP contribution < -0.4 is 0 Å². The van der Waals surface area contributed by atoms with Crippen LogP contribution in [0.1, 0.15) is 18.4 Å². The van der Waals surface area contributed by atoms with Crippen LogP contribution >= 0.6 is 11.6 Å². The number of halogens is 1. The third-order valence-electron chi connectivity index (χ3n) is 3.71. The fourth-order valence-electron chi connectivity index (χ4n) is 2.38. The number of carbonyl (C=O) groups is 1. The number of piperidine rings is 1. The summed E-state index contributed by atoms with van der Waals surface area (Å²) >= 11 is 5.99. The minimum atomic E-state index is -3.80. The molecule has 1 aromatic carbocycles. The van der Waals surface area contributed by atoms with Crippen LogP contribution in [0, 0.1) is 6.92 Å². The second-order valence-corrected chi connectivity index (χ2v) is 7.41. The molecule has 1 heterocycles. The van der Waals surface area contributed by atoms with Gasteiger partial charge in [0.25, 0.3) is 0 Å². The molecule has 8 heteroatoms. The summed E-state index contributed by atoms with van der Waals surface area (Å²) in [5, 5.41) is 19.0. The Kier molecular flexibility index (Phi) is 4.30. The summed E-state index contributed by atoms with van der Waals surface area (Å²) in [6.07, 6.45) is -0.296. The molecule has 2 N–H and O–H groups in total. The summed E-state index contributed by atoms with van der Waals surface area (Å²) in [6.45, 7) is 1.53. The van der Waals surface area contributed by atoms with Crippen LogP contribution in [0.3, 0.4) is 0 Å². The zero-order valence-corrected chi connectivity index (χ0v) is 13.0. The Balaban J connectivity index is 2.29. The highest BCUT2D eigenvalue weighted by atomic mass is 35.5. The normalized spacial score (nSPS) is 19.4. The van der Waals surface area contributed by atoms with Gasteiger partial charge in [-0.05, 0) is 18.6 Å². The van der Waals surface area contributed by atoms with Crippen molar-refractivity contribution in [2.45, 2.75) is 30.3 Å². The van der Waals surface area contributed by atoms with Crippen molar-refractivity contribution in [3.05, 3.63) is 28.8 Å². The van der Waals surface area contributed by atoms with Crippen LogP contribution in [0.2, 0.25) is 5.02 Å². The molecular weight excluding hydrogens is 318 g/mol. The van der Waals surface area contributed by atoms with Crippen LogP contribution in [-0.2, 0) is 14.8 Å². The topological polar surface area (TPSA) is 94.9 Å². The first-order chi connectivity index (χ1) is 9.68. The molecule has 6 nitrogen and oxygen atoms in total. The summed E-state index contributed by atoms with van der Waals surface area (Å²) in [4.78, 5) is 11.0. The lowest BCUT2D eigenvalue weighted by Crippen LogP contribution is -2.50. The molecular formula is C13H16ClNO5S. The fourth-order valence-corrected chi connectivity index (χ4v) is 4.61. The van der Waals surface area contributed by atoms with Gasteiger partial charge in [-0.3, -0.25) is 0 Å². The van der Waals surface area contributed by atoms with E-state index in [1.54, 1.807) is 19.1 Å². The first-order valence-corrected chi connectivity index (χ1v) is 8.21. The van der Waals surface area contributed by atoms with Crippen molar-refractivity contribution >= 4 is 27.6 Å². The van der Waals surface area contributed by atoms with Crippen LogP contribution in [0.5, 0.6) is 0 Å². The van der Waals surface area contributed by atoms with Crippen LogP contribution in [-0.4, -0.2) is 47.6 Å². The highest BCUT2D eigenvalue weighted by Gasteiger charge is 2.42. The van der Waals surface area contributed by atoms with Crippen LogP contribution in [0.15, 0.2) is 23.1 Å². The Morgan fingerprint density at radius 1 is 1.33 bits per heavy atom. The fraction of sp³-hybridized carbons (Fsp3) is 0.462. The third-order valence-corrected chi connectivity index (χ3v) is 6.24. The maximum Gasteiger partial charge on any atom is 0.335 e. The van der Waals surface area contributed by atoms with Crippen molar-refractivity contribution in [1.82, 2.24) is 4.31 Å². The van der Waals surface area contributed by atoms with E-state index < -0.39 is 21.6 Å². The van der Waals surface area contributed by atoms with Gasteiger partial charge in [0.15, 0.2) is 5.60 Å². The number of nitrogens with zero attached hydrogens (tertiary/aromatic N) is 1. The maximum atomic E-state index is 12.6. The second kappa shape index (κ2) is 5.57. The summed E-state index contributed by atoms with van der Waals surface area (Å²) in [7, 11) is -3.80. The predicted molar refractivity (Wildman–Crippen MR) is 76.8 cm³/mol. The highest BCUT2D eigenvalue weighted by molar-refractivity contribution is 7.89. The van der Waals surface area contributed by atoms with Gasteiger partial charge in [0.2, 0.25) is 10.0 Å². The number of aliphatic hydroxyl groups is 1. The molecule has 1 fully saturated rings. The van der Waals surface area contributed by atoms with E-state index in [1.807, 2.05) is 0 Å². The minimum absolute atomic E-state index is 0.0347. The quantitative estimate of drug-likeness (QED) is 0.868. The summed E-state index contributed by atoms with van der Waals surface area (Å²) in [5.74, 6) is -1.33. The number of benzene rings is 1. The Hall–Kier alpha value is -1.15. The van der Waals surface area contributed by atoms with E-state index in [0.717, 1.165) is 0 Å². The Bertz CT molecular complexity index is 645. The average Bonchev–Trinajstić information content (AvgIpc) is 2.38. The zero-order chi connectivity index (χ0) is 15.8. The highest BCUT2D eigenvalue weighted by Crippen LogP contribution is 2.31. The van der Waals surface area contributed by atoms with E-state index in [4.69, 9.17) is 16.7 Å². The molecule has 0 radical (unpaired) electrons. The number of carboxylic acids is 1.